The number of halogens is 1. The Labute approximate surface area is 155 Å². The average Bonchev–Trinajstić information content (AvgIpc) is 2.91. The molecule has 27 heavy (non-hydrogen) atoms. The molecule has 0 atom stereocenters. The SMILES string of the molecule is CC(C)c1nc2ccc(F)cc2c2c1C(=O)N(CCc1ccccn1)C2=O. The summed E-state index contributed by atoms with van der Waals surface area (Å²) >= 11 is 0. The highest BCUT2D eigenvalue weighted by atomic mass is 19.1. The Hall–Kier alpha value is -3.15. The van der Waals surface area contributed by atoms with Gasteiger partial charge in [-0.3, -0.25) is 24.5 Å². The van der Waals surface area contributed by atoms with E-state index in [0.717, 1.165) is 5.69 Å². The molecule has 0 spiro atoms. The van der Waals surface area contributed by atoms with Gasteiger partial charge >= 0.3 is 0 Å². The second-order valence-electron chi connectivity index (χ2n) is 6.90. The van der Waals surface area contributed by atoms with E-state index in [1.54, 1.807) is 12.3 Å². The minimum absolute atomic E-state index is 0.0410. The number of nitrogens with zero attached hydrogens (tertiary/aromatic N) is 3. The first kappa shape index (κ1) is 17.3. The number of amides is 2. The van der Waals surface area contributed by atoms with Crippen molar-refractivity contribution in [2.45, 2.75) is 26.2 Å². The van der Waals surface area contributed by atoms with Crippen molar-refractivity contribution in [1.82, 2.24) is 14.9 Å². The van der Waals surface area contributed by atoms with Crippen molar-refractivity contribution >= 4 is 22.7 Å². The summed E-state index contributed by atoms with van der Waals surface area (Å²) in [7, 11) is 0. The fourth-order valence-electron chi connectivity index (χ4n) is 3.45. The van der Waals surface area contributed by atoms with Crippen LogP contribution in [0.1, 0.15) is 51.9 Å². The summed E-state index contributed by atoms with van der Waals surface area (Å²) in [4.78, 5) is 36.1. The number of benzene rings is 1. The van der Waals surface area contributed by atoms with Crippen LogP contribution in [0.5, 0.6) is 0 Å². The summed E-state index contributed by atoms with van der Waals surface area (Å²) in [5.74, 6) is -1.27. The van der Waals surface area contributed by atoms with Gasteiger partial charge in [0.1, 0.15) is 5.82 Å². The Morgan fingerprint density at radius 1 is 1.07 bits per heavy atom. The summed E-state index contributed by atoms with van der Waals surface area (Å²) in [6.45, 7) is 4.07. The molecule has 136 valence electrons. The van der Waals surface area contributed by atoms with Crippen LogP contribution in [0.15, 0.2) is 42.6 Å². The fourth-order valence-corrected chi connectivity index (χ4v) is 3.45. The van der Waals surface area contributed by atoms with Crippen LogP contribution in [0.25, 0.3) is 10.9 Å². The molecule has 0 saturated heterocycles. The van der Waals surface area contributed by atoms with E-state index in [4.69, 9.17) is 0 Å². The van der Waals surface area contributed by atoms with Crippen LogP contribution < -0.4 is 0 Å². The van der Waals surface area contributed by atoms with E-state index in [9.17, 15) is 14.0 Å². The molecule has 6 heteroatoms. The maximum absolute atomic E-state index is 13.8. The van der Waals surface area contributed by atoms with Gasteiger partial charge in [0.25, 0.3) is 11.8 Å². The third kappa shape index (κ3) is 2.87. The molecular weight excluding hydrogens is 345 g/mol. The van der Waals surface area contributed by atoms with E-state index < -0.39 is 11.7 Å². The number of pyridine rings is 2. The summed E-state index contributed by atoms with van der Waals surface area (Å²) in [6.07, 6.45) is 2.14. The first-order valence-corrected chi connectivity index (χ1v) is 8.86. The van der Waals surface area contributed by atoms with Crippen molar-refractivity contribution in [1.29, 1.82) is 0 Å². The van der Waals surface area contributed by atoms with E-state index in [1.807, 2.05) is 32.0 Å². The lowest BCUT2D eigenvalue weighted by molar-refractivity contribution is 0.0656. The van der Waals surface area contributed by atoms with Crippen molar-refractivity contribution < 1.29 is 14.0 Å². The van der Waals surface area contributed by atoms with Gasteiger partial charge in [0.15, 0.2) is 0 Å². The van der Waals surface area contributed by atoms with Gasteiger partial charge in [0.2, 0.25) is 0 Å². The lowest BCUT2D eigenvalue weighted by Gasteiger charge is -2.13. The molecule has 3 aromatic rings. The van der Waals surface area contributed by atoms with Crippen LogP contribution >= 0.6 is 0 Å². The summed E-state index contributed by atoms with van der Waals surface area (Å²) < 4.78 is 13.8. The summed E-state index contributed by atoms with van der Waals surface area (Å²) in [5.41, 5.74) is 2.45. The normalized spacial score (nSPS) is 13.7. The van der Waals surface area contributed by atoms with Crippen LogP contribution in [0.4, 0.5) is 4.39 Å². The zero-order valence-corrected chi connectivity index (χ0v) is 15.1. The molecule has 1 aliphatic rings. The van der Waals surface area contributed by atoms with Gasteiger partial charge in [0.05, 0.1) is 22.3 Å². The zero-order valence-electron chi connectivity index (χ0n) is 15.1. The van der Waals surface area contributed by atoms with E-state index in [1.165, 1.54) is 17.0 Å². The van der Waals surface area contributed by atoms with Crippen molar-refractivity contribution in [3.05, 3.63) is 70.9 Å². The number of imide groups is 1. The third-order valence-corrected chi connectivity index (χ3v) is 4.76. The van der Waals surface area contributed by atoms with Gasteiger partial charge in [-0.25, -0.2) is 4.39 Å². The molecular formula is C21H18FN3O2. The maximum atomic E-state index is 13.8. The highest BCUT2D eigenvalue weighted by molar-refractivity contribution is 6.26. The predicted octanol–water partition coefficient (Wildman–Crippen LogP) is 3.73. The Morgan fingerprint density at radius 3 is 2.56 bits per heavy atom. The molecule has 5 nitrogen and oxygen atoms in total. The Balaban J connectivity index is 1.80. The molecule has 0 bridgehead atoms. The monoisotopic (exact) mass is 363 g/mol. The van der Waals surface area contributed by atoms with Gasteiger partial charge in [-0.05, 0) is 36.2 Å². The molecule has 1 aliphatic heterocycles. The van der Waals surface area contributed by atoms with Crippen LogP contribution in [0.2, 0.25) is 0 Å². The van der Waals surface area contributed by atoms with Gasteiger partial charge < -0.3 is 0 Å². The first-order chi connectivity index (χ1) is 13.0. The van der Waals surface area contributed by atoms with E-state index in [0.29, 0.717) is 28.6 Å². The van der Waals surface area contributed by atoms with Gasteiger partial charge in [0, 0.05) is 30.2 Å². The van der Waals surface area contributed by atoms with Crippen LogP contribution in [-0.4, -0.2) is 33.2 Å². The smallest absolute Gasteiger partial charge is 0.263 e. The first-order valence-electron chi connectivity index (χ1n) is 8.86. The number of carbonyl (C=O) groups is 2. The van der Waals surface area contributed by atoms with E-state index in [2.05, 4.69) is 9.97 Å². The van der Waals surface area contributed by atoms with E-state index >= 15 is 0 Å². The van der Waals surface area contributed by atoms with Crippen molar-refractivity contribution in [2.75, 3.05) is 6.54 Å². The zero-order chi connectivity index (χ0) is 19.1. The molecule has 0 radical (unpaired) electrons. The molecule has 0 aliphatic carbocycles. The van der Waals surface area contributed by atoms with Crippen molar-refractivity contribution in [2.24, 2.45) is 0 Å². The Morgan fingerprint density at radius 2 is 1.85 bits per heavy atom. The number of hydrogen-bond donors (Lipinski definition) is 0. The second kappa shape index (κ2) is 6.54. The molecule has 1 aromatic carbocycles. The average molecular weight is 363 g/mol. The molecule has 2 amide bonds. The minimum Gasteiger partial charge on any atom is -0.274 e. The molecule has 3 heterocycles. The van der Waals surface area contributed by atoms with Gasteiger partial charge in [-0.1, -0.05) is 19.9 Å². The van der Waals surface area contributed by atoms with Crippen molar-refractivity contribution in [3.8, 4) is 0 Å². The fraction of sp³-hybridized carbons (Fsp3) is 0.238. The summed E-state index contributed by atoms with van der Waals surface area (Å²) in [5, 5.41) is 0.382. The van der Waals surface area contributed by atoms with E-state index in [-0.39, 0.29) is 23.9 Å². The predicted molar refractivity (Wildman–Crippen MR) is 99.1 cm³/mol. The number of carbonyl (C=O) groups excluding carboxylic acids is 2. The number of rotatable bonds is 4. The van der Waals surface area contributed by atoms with Gasteiger partial charge in [-0.2, -0.15) is 0 Å². The van der Waals surface area contributed by atoms with Crippen LogP contribution in [0, 0.1) is 5.82 Å². The van der Waals surface area contributed by atoms with Crippen LogP contribution in [0.3, 0.4) is 0 Å². The summed E-state index contributed by atoms with van der Waals surface area (Å²) in [6, 6.07) is 9.66. The minimum atomic E-state index is -0.462. The topological polar surface area (TPSA) is 63.2 Å². The number of hydrogen-bond acceptors (Lipinski definition) is 4. The van der Waals surface area contributed by atoms with Gasteiger partial charge in [-0.15, -0.1) is 0 Å². The number of fused-ring (bicyclic) bond motifs is 3. The maximum Gasteiger partial charge on any atom is 0.263 e. The largest absolute Gasteiger partial charge is 0.274 e. The quantitative estimate of drug-likeness (QED) is 0.663. The molecule has 0 N–H and O–H groups in total. The van der Waals surface area contributed by atoms with Crippen molar-refractivity contribution in [3.63, 3.8) is 0 Å². The molecule has 2 aromatic heterocycles. The highest BCUT2D eigenvalue weighted by Crippen LogP contribution is 2.34. The molecule has 0 saturated carbocycles. The number of aromatic nitrogens is 2. The lowest BCUT2D eigenvalue weighted by Crippen LogP contribution is -2.32. The molecule has 0 unspecified atom stereocenters. The highest BCUT2D eigenvalue weighted by Gasteiger charge is 2.40. The second-order valence-corrected chi connectivity index (χ2v) is 6.90. The third-order valence-electron chi connectivity index (χ3n) is 4.76. The Bertz CT molecular complexity index is 1060. The van der Waals surface area contributed by atoms with Crippen LogP contribution in [-0.2, 0) is 6.42 Å². The molecule has 4 rings (SSSR count). The standard InChI is InChI=1S/C21H18FN3O2/c1-12(2)19-18-17(15-11-13(22)6-7-16(15)24-19)20(26)25(21(18)27)10-8-14-5-3-4-9-23-14/h3-7,9,11-12H,8,10H2,1-2H3. The Kier molecular flexibility index (Phi) is 4.18. The molecule has 0 fully saturated rings. The lowest BCUT2D eigenvalue weighted by atomic mass is 9.97.